The second-order valence-corrected chi connectivity index (χ2v) is 4.20. The number of hydrogen-bond acceptors (Lipinski definition) is 4. The van der Waals surface area contributed by atoms with E-state index in [0.717, 1.165) is 12.8 Å². The molecule has 1 saturated heterocycles. The first-order valence-electron chi connectivity index (χ1n) is 5.62. The standard InChI is InChI=1S/C13H12O4/c14-8-3-4-9-10(15)7-13(17-12(9)6-8)11-2-1-5-16-11/h3-4,6-7,11,14H,1-2,5H2. The fourth-order valence-corrected chi connectivity index (χ4v) is 2.12. The number of benzene rings is 1. The highest BCUT2D eigenvalue weighted by molar-refractivity contribution is 5.77. The normalized spacial score (nSPS) is 19.9. The molecule has 0 aliphatic carbocycles. The third-order valence-corrected chi connectivity index (χ3v) is 2.98. The smallest absolute Gasteiger partial charge is 0.193 e. The molecule has 0 radical (unpaired) electrons. The lowest BCUT2D eigenvalue weighted by Crippen LogP contribution is -2.05. The van der Waals surface area contributed by atoms with E-state index in [2.05, 4.69) is 0 Å². The number of aromatic hydroxyl groups is 1. The third-order valence-electron chi connectivity index (χ3n) is 2.98. The summed E-state index contributed by atoms with van der Waals surface area (Å²) in [5.41, 5.74) is 0.305. The Balaban J connectivity index is 2.18. The van der Waals surface area contributed by atoms with Gasteiger partial charge in [-0.1, -0.05) is 0 Å². The van der Waals surface area contributed by atoms with Crippen LogP contribution in [0.15, 0.2) is 33.5 Å². The molecular weight excluding hydrogens is 220 g/mol. The minimum absolute atomic E-state index is 0.0881. The minimum Gasteiger partial charge on any atom is -0.508 e. The fourth-order valence-electron chi connectivity index (χ4n) is 2.12. The first-order valence-corrected chi connectivity index (χ1v) is 5.62. The van der Waals surface area contributed by atoms with Crippen LogP contribution in [0.2, 0.25) is 0 Å². The summed E-state index contributed by atoms with van der Waals surface area (Å²) in [6.45, 7) is 0.701. The first kappa shape index (κ1) is 10.4. The lowest BCUT2D eigenvalue weighted by molar-refractivity contribution is 0.0939. The van der Waals surface area contributed by atoms with Gasteiger partial charge in [0.15, 0.2) is 5.43 Å². The Hall–Kier alpha value is -1.81. The molecule has 0 amide bonds. The van der Waals surface area contributed by atoms with Crippen molar-refractivity contribution in [3.63, 3.8) is 0 Å². The maximum absolute atomic E-state index is 11.9. The van der Waals surface area contributed by atoms with E-state index in [1.165, 1.54) is 18.2 Å². The number of ether oxygens (including phenoxy) is 1. The molecule has 1 aliphatic rings. The molecule has 2 aromatic rings. The molecule has 4 heteroatoms. The third kappa shape index (κ3) is 1.80. The van der Waals surface area contributed by atoms with E-state index in [1.807, 2.05) is 0 Å². The molecule has 1 aromatic carbocycles. The summed E-state index contributed by atoms with van der Waals surface area (Å²) in [4.78, 5) is 11.9. The number of hydrogen-bond donors (Lipinski definition) is 1. The maximum Gasteiger partial charge on any atom is 0.193 e. The van der Waals surface area contributed by atoms with Crippen molar-refractivity contribution in [1.29, 1.82) is 0 Å². The van der Waals surface area contributed by atoms with E-state index in [0.29, 0.717) is 23.3 Å². The summed E-state index contributed by atoms with van der Waals surface area (Å²) in [7, 11) is 0. The van der Waals surface area contributed by atoms with Gasteiger partial charge in [0.25, 0.3) is 0 Å². The Morgan fingerprint density at radius 3 is 2.94 bits per heavy atom. The average molecular weight is 232 g/mol. The van der Waals surface area contributed by atoms with Crippen molar-refractivity contribution < 1.29 is 14.3 Å². The molecule has 1 N–H and O–H groups in total. The van der Waals surface area contributed by atoms with Crippen LogP contribution in [0.1, 0.15) is 24.7 Å². The summed E-state index contributed by atoms with van der Waals surface area (Å²) < 4.78 is 11.1. The summed E-state index contributed by atoms with van der Waals surface area (Å²) in [5, 5.41) is 9.86. The quantitative estimate of drug-likeness (QED) is 0.819. The van der Waals surface area contributed by atoms with E-state index < -0.39 is 0 Å². The van der Waals surface area contributed by atoms with Gasteiger partial charge in [-0.15, -0.1) is 0 Å². The van der Waals surface area contributed by atoms with Gasteiger partial charge in [0.1, 0.15) is 23.2 Å². The van der Waals surface area contributed by atoms with E-state index in [-0.39, 0.29) is 17.3 Å². The van der Waals surface area contributed by atoms with Gasteiger partial charge in [0.2, 0.25) is 0 Å². The zero-order valence-electron chi connectivity index (χ0n) is 9.18. The SMILES string of the molecule is O=c1cc(C2CCCO2)oc2cc(O)ccc12. The van der Waals surface area contributed by atoms with E-state index in [4.69, 9.17) is 9.15 Å². The lowest BCUT2D eigenvalue weighted by atomic mass is 10.1. The number of fused-ring (bicyclic) bond motifs is 1. The van der Waals surface area contributed by atoms with Gasteiger partial charge < -0.3 is 14.3 Å². The van der Waals surface area contributed by atoms with Gasteiger partial charge in [-0.05, 0) is 25.0 Å². The molecular formula is C13H12O4. The van der Waals surface area contributed by atoms with Crippen molar-refractivity contribution in [2.24, 2.45) is 0 Å². The topological polar surface area (TPSA) is 59.7 Å². The molecule has 2 heterocycles. The molecule has 3 rings (SSSR count). The van der Waals surface area contributed by atoms with Gasteiger partial charge >= 0.3 is 0 Å². The zero-order chi connectivity index (χ0) is 11.8. The van der Waals surface area contributed by atoms with Crippen LogP contribution in [0, 0.1) is 0 Å². The van der Waals surface area contributed by atoms with Crippen molar-refractivity contribution in [1.82, 2.24) is 0 Å². The van der Waals surface area contributed by atoms with Crippen LogP contribution in [-0.4, -0.2) is 11.7 Å². The van der Waals surface area contributed by atoms with Crippen LogP contribution in [-0.2, 0) is 4.74 Å². The van der Waals surface area contributed by atoms with Crippen molar-refractivity contribution >= 4 is 11.0 Å². The summed E-state index contributed by atoms with van der Waals surface area (Å²) in [5.74, 6) is 0.635. The predicted molar refractivity (Wildman–Crippen MR) is 62.1 cm³/mol. The lowest BCUT2D eigenvalue weighted by Gasteiger charge is -2.08. The molecule has 1 aliphatic heterocycles. The highest BCUT2D eigenvalue weighted by Gasteiger charge is 2.21. The highest BCUT2D eigenvalue weighted by atomic mass is 16.5. The van der Waals surface area contributed by atoms with Crippen LogP contribution in [0.4, 0.5) is 0 Å². The van der Waals surface area contributed by atoms with Crippen molar-refractivity contribution in [3.8, 4) is 5.75 Å². The molecule has 0 saturated carbocycles. The first-order chi connectivity index (χ1) is 8.24. The van der Waals surface area contributed by atoms with Crippen LogP contribution < -0.4 is 5.43 Å². The van der Waals surface area contributed by atoms with Crippen molar-refractivity contribution in [2.45, 2.75) is 18.9 Å². The maximum atomic E-state index is 11.9. The van der Waals surface area contributed by atoms with Gasteiger partial charge in [0.05, 0.1) is 5.39 Å². The van der Waals surface area contributed by atoms with Crippen LogP contribution in [0.3, 0.4) is 0 Å². The van der Waals surface area contributed by atoms with Crippen molar-refractivity contribution in [3.05, 3.63) is 40.2 Å². The number of phenols is 1. The average Bonchev–Trinajstić information content (AvgIpc) is 2.81. The van der Waals surface area contributed by atoms with Crippen LogP contribution >= 0.6 is 0 Å². The van der Waals surface area contributed by atoms with Gasteiger partial charge in [0, 0.05) is 18.7 Å². The Bertz CT molecular complexity index is 608. The molecule has 0 bridgehead atoms. The summed E-state index contributed by atoms with van der Waals surface area (Å²) >= 11 is 0. The molecule has 4 nitrogen and oxygen atoms in total. The van der Waals surface area contributed by atoms with E-state index >= 15 is 0 Å². The molecule has 1 atom stereocenters. The molecule has 1 aromatic heterocycles. The van der Waals surface area contributed by atoms with Gasteiger partial charge in [-0.25, -0.2) is 0 Å². The molecule has 17 heavy (non-hydrogen) atoms. The molecule has 1 unspecified atom stereocenters. The second kappa shape index (κ2) is 3.89. The molecule has 1 fully saturated rings. The fraction of sp³-hybridized carbons (Fsp3) is 0.308. The Kier molecular flexibility index (Phi) is 2.37. The summed E-state index contributed by atoms with van der Waals surface area (Å²) in [6, 6.07) is 5.98. The van der Waals surface area contributed by atoms with Crippen LogP contribution in [0.25, 0.3) is 11.0 Å². The van der Waals surface area contributed by atoms with E-state index in [9.17, 15) is 9.90 Å². The highest BCUT2D eigenvalue weighted by Crippen LogP contribution is 2.29. The van der Waals surface area contributed by atoms with Crippen LogP contribution in [0.5, 0.6) is 5.75 Å². The largest absolute Gasteiger partial charge is 0.508 e. The van der Waals surface area contributed by atoms with Crippen molar-refractivity contribution in [2.75, 3.05) is 6.61 Å². The van der Waals surface area contributed by atoms with E-state index in [1.54, 1.807) is 6.07 Å². The zero-order valence-corrected chi connectivity index (χ0v) is 9.18. The predicted octanol–water partition coefficient (Wildman–Crippen LogP) is 2.35. The Morgan fingerprint density at radius 2 is 2.18 bits per heavy atom. The molecule has 88 valence electrons. The Labute approximate surface area is 97.4 Å². The summed E-state index contributed by atoms with van der Waals surface area (Å²) in [6.07, 6.45) is 1.72. The monoisotopic (exact) mass is 232 g/mol. The van der Waals surface area contributed by atoms with Gasteiger partial charge in [-0.2, -0.15) is 0 Å². The second-order valence-electron chi connectivity index (χ2n) is 4.20. The number of rotatable bonds is 1. The minimum atomic E-state index is -0.130. The number of phenolic OH excluding ortho intramolecular Hbond substituents is 1. The van der Waals surface area contributed by atoms with Gasteiger partial charge in [-0.3, -0.25) is 4.79 Å². The molecule has 0 spiro atoms. The Morgan fingerprint density at radius 1 is 1.29 bits per heavy atom.